The largest absolute Gasteiger partial charge is 0.497 e. The highest BCUT2D eigenvalue weighted by molar-refractivity contribution is 7.92. The SMILES string of the molecule is COc1ccc2c(c1)[nH]c1cc(OCCNC[C@@H](O)c3ccc(Cl)c(NS(C)(=O)=O)c3)ccc12. The molecule has 0 amide bonds. The molecule has 0 spiro atoms. The molecule has 0 saturated heterocycles. The van der Waals surface area contributed by atoms with Crippen LogP contribution in [-0.2, 0) is 10.0 Å². The van der Waals surface area contributed by atoms with Crippen molar-refractivity contribution in [3.05, 3.63) is 65.2 Å². The third-order valence-corrected chi connectivity index (χ3v) is 6.25. The number of aliphatic hydroxyl groups excluding tert-OH is 1. The molecule has 1 aromatic heterocycles. The molecule has 4 aromatic rings. The summed E-state index contributed by atoms with van der Waals surface area (Å²) < 4.78 is 36.4. The van der Waals surface area contributed by atoms with Gasteiger partial charge in [0, 0.05) is 36.0 Å². The van der Waals surface area contributed by atoms with Crippen LogP contribution in [0, 0.1) is 0 Å². The van der Waals surface area contributed by atoms with E-state index in [9.17, 15) is 13.5 Å². The number of aromatic nitrogens is 1. The van der Waals surface area contributed by atoms with Crippen LogP contribution in [0.2, 0.25) is 5.02 Å². The molecule has 0 saturated carbocycles. The molecule has 3 aromatic carbocycles. The van der Waals surface area contributed by atoms with Crippen molar-refractivity contribution in [2.24, 2.45) is 0 Å². The van der Waals surface area contributed by atoms with E-state index in [4.69, 9.17) is 21.1 Å². The van der Waals surface area contributed by atoms with Gasteiger partial charge in [-0.15, -0.1) is 0 Å². The van der Waals surface area contributed by atoms with E-state index in [1.807, 2.05) is 36.4 Å². The van der Waals surface area contributed by atoms with E-state index >= 15 is 0 Å². The summed E-state index contributed by atoms with van der Waals surface area (Å²) in [5.74, 6) is 1.54. The highest BCUT2D eigenvalue weighted by Crippen LogP contribution is 2.30. The van der Waals surface area contributed by atoms with Gasteiger partial charge in [0.25, 0.3) is 0 Å². The van der Waals surface area contributed by atoms with Gasteiger partial charge in [-0.25, -0.2) is 8.42 Å². The quantitative estimate of drug-likeness (QED) is 0.243. The van der Waals surface area contributed by atoms with Gasteiger partial charge in [0.1, 0.15) is 18.1 Å². The smallest absolute Gasteiger partial charge is 0.229 e. The maximum atomic E-state index is 11.5. The average molecular weight is 504 g/mol. The first-order chi connectivity index (χ1) is 16.2. The van der Waals surface area contributed by atoms with Crippen molar-refractivity contribution in [3.8, 4) is 11.5 Å². The Morgan fingerprint density at radius 1 is 1.03 bits per heavy atom. The highest BCUT2D eigenvalue weighted by atomic mass is 35.5. The number of H-pyrrole nitrogens is 1. The fourth-order valence-corrected chi connectivity index (χ4v) is 4.50. The third kappa shape index (κ3) is 5.74. The van der Waals surface area contributed by atoms with Crippen LogP contribution >= 0.6 is 11.6 Å². The number of halogens is 1. The van der Waals surface area contributed by atoms with Crippen molar-refractivity contribution in [3.63, 3.8) is 0 Å². The monoisotopic (exact) mass is 503 g/mol. The van der Waals surface area contributed by atoms with Crippen molar-refractivity contribution < 1.29 is 23.0 Å². The predicted molar refractivity (Wildman–Crippen MR) is 136 cm³/mol. The molecule has 180 valence electrons. The van der Waals surface area contributed by atoms with Gasteiger partial charge in [-0.1, -0.05) is 17.7 Å². The average Bonchev–Trinajstić information content (AvgIpc) is 3.16. The number of ether oxygens (including phenoxy) is 2. The van der Waals surface area contributed by atoms with E-state index in [-0.39, 0.29) is 17.3 Å². The summed E-state index contributed by atoms with van der Waals surface area (Å²) >= 11 is 6.04. The molecule has 0 fully saturated rings. The summed E-state index contributed by atoms with van der Waals surface area (Å²) in [4.78, 5) is 3.39. The van der Waals surface area contributed by atoms with Gasteiger partial charge in [-0.2, -0.15) is 0 Å². The summed E-state index contributed by atoms with van der Waals surface area (Å²) in [7, 11) is -1.83. The molecule has 0 aliphatic heterocycles. The first-order valence-corrected chi connectivity index (χ1v) is 12.9. The Kier molecular flexibility index (Phi) is 7.18. The van der Waals surface area contributed by atoms with Crippen LogP contribution in [0.3, 0.4) is 0 Å². The number of benzene rings is 3. The van der Waals surface area contributed by atoms with Gasteiger partial charge in [0.15, 0.2) is 0 Å². The molecule has 0 aliphatic rings. The first kappa shape index (κ1) is 24.2. The number of sulfonamides is 1. The third-order valence-electron chi connectivity index (χ3n) is 5.33. The second kappa shape index (κ2) is 10.1. The van der Waals surface area contributed by atoms with Gasteiger partial charge in [0.2, 0.25) is 10.0 Å². The van der Waals surface area contributed by atoms with Gasteiger partial charge in [0.05, 0.1) is 41.2 Å². The Morgan fingerprint density at radius 3 is 2.38 bits per heavy atom. The Labute approximate surface area is 202 Å². The van der Waals surface area contributed by atoms with Crippen molar-refractivity contribution in [2.75, 3.05) is 37.8 Å². The van der Waals surface area contributed by atoms with Crippen LogP contribution in [0.25, 0.3) is 21.8 Å². The topological polar surface area (TPSA) is 113 Å². The molecule has 8 nitrogen and oxygen atoms in total. The van der Waals surface area contributed by atoms with Crippen molar-refractivity contribution >= 4 is 49.1 Å². The lowest BCUT2D eigenvalue weighted by atomic mass is 10.1. The van der Waals surface area contributed by atoms with Crippen LogP contribution in [0.1, 0.15) is 11.7 Å². The van der Waals surface area contributed by atoms with Crippen molar-refractivity contribution in [1.29, 1.82) is 0 Å². The van der Waals surface area contributed by atoms with E-state index in [0.717, 1.165) is 39.6 Å². The minimum Gasteiger partial charge on any atom is -0.497 e. The molecular formula is C24H26ClN3O5S. The number of rotatable bonds is 10. The zero-order valence-electron chi connectivity index (χ0n) is 18.8. The fourth-order valence-electron chi connectivity index (χ4n) is 3.71. The molecule has 4 N–H and O–H groups in total. The summed E-state index contributed by atoms with van der Waals surface area (Å²) in [5.41, 5.74) is 2.75. The Morgan fingerprint density at radius 2 is 1.71 bits per heavy atom. The van der Waals surface area contributed by atoms with Crippen LogP contribution in [0.15, 0.2) is 54.6 Å². The number of anilines is 1. The number of methoxy groups -OCH3 is 1. The molecule has 0 unspecified atom stereocenters. The van der Waals surface area contributed by atoms with E-state index in [1.54, 1.807) is 19.2 Å². The number of aromatic amines is 1. The van der Waals surface area contributed by atoms with Gasteiger partial charge in [-0.3, -0.25) is 4.72 Å². The molecule has 1 atom stereocenters. The van der Waals surface area contributed by atoms with Crippen molar-refractivity contribution in [2.45, 2.75) is 6.10 Å². The first-order valence-electron chi connectivity index (χ1n) is 10.6. The molecule has 0 aliphatic carbocycles. The molecule has 0 radical (unpaired) electrons. The Bertz CT molecular complexity index is 1420. The fraction of sp³-hybridized carbons (Fsp3) is 0.250. The maximum absolute atomic E-state index is 11.5. The number of fused-ring (bicyclic) bond motifs is 3. The van der Waals surface area contributed by atoms with Gasteiger partial charge >= 0.3 is 0 Å². The van der Waals surface area contributed by atoms with E-state index < -0.39 is 16.1 Å². The minimum atomic E-state index is -3.47. The second-order valence-electron chi connectivity index (χ2n) is 7.93. The van der Waals surface area contributed by atoms with E-state index in [1.165, 1.54) is 6.07 Å². The number of aliphatic hydroxyl groups is 1. The summed E-state index contributed by atoms with van der Waals surface area (Å²) in [6, 6.07) is 16.6. The molecular weight excluding hydrogens is 478 g/mol. The normalized spacial score (nSPS) is 12.7. The number of nitrogens with one attached hydrogen (secondary N) is 3. The van der Waals surface area contributed by atoms with E-state index in [0.29, 0.717) is 18.7 Å². The molecule has 10 heteroatoms. The lowest BCUT2D eigenvalue weighted by Gasteiger charge is -2.15. The van der Waals surface area contributed by atoms with Crippen LogP contribution in [0.4, 0.5) is 5.69 Å². The van der Waals surface area contributed by atoms with Gasteiger partial charge in [-0.05, 0) is 42.0 Å². The van der Waals surface area contributed by atoms with Crippen LogP contribution < -0.4 is 19.5 Å². The zero-order valence-corrected chi connectivity index (χ0v) is 20.3. The molecule has 34 heavy (non-hydrogen) atoms. The van der Waals surface area contributed by atoms with Gasteiger partial charge < -0.3 is 24.9 Å². The minimum absolute atomic E-state index is 0.231. The summed E-state index contributed by atoms with van der Waals surface area (Å²) in [6.45, 7) is 1.20. The Hall–Kier alpha value is -2.98. The molecule has 4 rings (SSSR count). The van der Waals surface area contributed by atoms with Crippen molar-refractivity contribution in [1.82, 2.24) is 10.3 Å². The molecule has 0 bridgehead atoms. The molecule has 1 heterocycles. The van der Waals surface area contributed by atoms with E-state index in [2.05, 4.69) is 15.0 Å². The van der Waals surface area contributed by atoms with Crippen LogP contribution in [0.5, 0.6) is 11.5 Å². The number of hydrogen-bond acceptors (Lipinski definition) is 6. The second-order valence-corrected chi connectivity index (χ2v) is 10.1. The predicted octanol–water partition coefficient (Wildman–Crippen LogP) is 4.06. The number of hydrogen-bond donors (Lipinski definition) is 4. The van der Waals surface area contributed by atoms with Crippen LogP contribution in [-0.4, -0.2) is 51.6 Å². The summed E-state index contributed by atoms with van der Waals surface area (Å²) in [5, 5.41) is 16.1. The Balaban J connectivity index is 1.30. The maximum Gasteiger partial charge on any atom is 0.229 e. The highest BCUT2D eigenvalue weighted by Gasteiger charge is 2.12. The standard InChI is InChI=1S/C24H26ClN3O5S/c1-32-16-4-6-18-19-7-5-17(13-22(19)27-21(18)12-16)33-10-9-26-14-24(29)15-3-8-20(25)23(11-15)28-34(2,30)31/h3-8,11-13,24,26-29H,9-10,14H2,1-2H3/t24-/m1/s1. The summed E-state index contributed by atoms with van der Waals surface area (Å²) in [6.07, 6.45) is 0.207. The lowest BCUT2D eigenvalue weighted by molar-refractivity contribution is 0.172. The zero-order chi connectivity index (χ0) is 24.3. The lowest BCUT2D eigenvalue weighted by Crippen LogP contribution is -2.26.